The van der Waals surface area contributed by atoms with E-state index in [0.29, 0.717) is 18.1 Å². The maximum Gasteiger partial charge on any atom is 0.232 e. The number of rotatable bonds is 4. The van der Waals surface area contributed by atoms with Crippen LogP contribution >= 0.6 is 11.3 Å². The second kappa shape index (κ2) is 5.90. The van der Waals surface area contributed by atoms with Crippen LogP contribution in [0.15, 0.2) is 28.2 Å². The van der Waals surface area contributed by atoms with Gasteiger partial charge in [0.1, 0.15) is 0 Å². The van der Waals surface area contributed by atoms with E-state index >= 15 is 0 Å². The minimum Gasteiger partial charge on any atom is -0.372 e. The predicted molar refractivity (Wildman–Crippen MR) is 85.4 cm³/mol. The molecule has 4 rings (SSSR count). The number of aromatic nitrogens is 4. The minimum atomic E-state index is -0.00463. The Balaban J connectivity index is 1.54. The number of hydrogen-bond acceptors (Lipinski definition) is 6. The van der Waals surface area contributed by atoms with Crippen molar-refractivity contribution in [2.24, 2.45) is 7.05 Å². The molecule has 3 aromatic rings. The van der Waals surface area contributed by atoms with Crippen LogP contribution in [0, 0.1) is 0 Å². The molecular formula is C16H18N4O2S. The van der Waals surface area contributed by atoms with Crippen LogP contribution < -0.4 is 0 Å². The van der Waals surface area contributed by atoms with E-state index in [4.69, 9.17) is 9.26 Å². The molecule has 23 heavy (non-hydrogen) atoms. The summed E-state index contributed by atoms with van der Waals surface area (Å²) in [6.07, 6.45) is 3.37. The van der Waals surface area contributed by atoms with Gasteiger partial charge in [-0.3, -0.25) is 4.68 Å². The molecule has 0 aliphatic carbocycles. The molecule has 2 unspecified atom stereocenters. The highest BCUT2D eigenvalue weighted by atomic mass is 32.1. The van der Waals surface area contributed by atoms with Gasteiger partial charge in [-0.1, -0.05) is 12.1 Å². The molecule has 0 amide bonds. The number of nitrogens with zero attached hydrogens (tertiary/aromatic N) is 4. The van der Waals surface area contributed by atoms with E-state index < -0.39 is 0 Å². The van der Waals surface area contributed by atoms with Crippen LogP contribution in [-0.4, -0.2) is 26.5 Å². The van der Waals surface area contributed by atoms with Crippen molar-refractivity contribution < 1.29 is 9.26 Å². The lowest BCUT2D eigenvalue weighted by Gasteiger charge is -2.26. The van der Waals surface area contributed by atoms with E-state index in [1.54, 1.807) is 17.5 Å². The zero-order chi connectivity index (χ0) is 15.8. The molecule has 0 aromatic carbocycles. The first-order valence-corrected chi connectivity index (χ1v) is 8.57. The molecule has 0 saturated carbocycles. The Morgan fingerprint density at radius 2 is 2.35 bits per heavy atom. The van der Waals surface area contributed by atoms with E-state index in [9.17, 15) is 0 Å². The molecule has 0 bridgehead atoms. The summed E-state index contributed by atoms with van der Waals surface area (Å²) in [5, 5.41) is 10.4. The van der Waals surface area contributed by atoms with Gasteiger partial charge in [0.15, 0.2) is 5.82 Å². The summed E-state index contributed by atoms with van der Waals surface area (Å²) in [4.78, 5) is 5.97. The van der Waals surface area contributed by atoms with Gasteiger partial charge in [0, 0.05) is 30.2 Å². The minimum absolute atomic E-state index is 0.00463. The summed E-state index contributed by atoms with van der Waals surface area (Å²) in [6.45, 7) is 2.83. The van der Waals surface area contributed by atoms with Gasteiger partial charge >= 0.3 is 0 Å². The van der Waals surface area contributed by atoms with Crippen molar-refractivity contribution in [3.05, 3.63) is 51.6 Å². The zero-order valence-electron chi connectivity index (χ0n) is 13.1. The van der Waals surface area contributed by atoms with Crippen LogP contribution in [0.5, 0.6) is 0 Å². The average molecular weight is 330 g/mol. The van der Waals surface area contributed by atoms with Crippen molar-refractivity contribution in [3.63, 3.8) is 0 Å². The van der Waals surface area contributed by atoms with Gasteiger partial charge in [0.2, 0.25) is 5.89 Å². The number of fused-ring (bicyclic) bond motifs is 1. The summed E-state index contributed by atoms with van der Waals surface area (Å²) >= 11 is 1.79. The highest BCUT2D eigenvalue weighted by molar-refractivity contribution is 7.10. The zero-order valence-corrected chi connectivity index (χ0v) is 13.9. The first kappa shape index (κ1) is 14.6. The smallest absolute Gasteiger partial charge is 0.232 e. The molecule has 0 saturated heterocycles. The van der Waals surface area contributed by atoms with Crippen molar-refractivity contribution in [3.8, 4) is 0 Å². The molecule has 0 spiro atoms. The van der Waals surface area contributed by atoms with Crippen molar-refractivity contribution in [1.29, 1.82) is 0 Å². The fourth-order valence-electron chi connectivity index (χ4n) is 2.98. The van der Waals surface area contributed by atoms with Gasteiger partial charge in [-0.15, -0.1) is 11.3 Å². The van der Waals surface area contributed by atoms with E-state index in [-0.39, 0.29) is 12.0 Å². The normalized spacial score (nSPS) is 18.8. The molecular weight excluding hydrogens is 312 g/mol. The molecule has 0 radical (unpaired) electrons. The van der Waals surface area contributed by atoms with Gasteiger partial charge in [-0.05, 0) is 23.1 Å². The van der Waals surface area contributed by atoms with E-state index in [0.717, 1.165) is 18.7 Å². The van der Waals surface area contributed by atoms with Crippen LogP contribution in [-0.2, 0) is 24.6 Å². The molecule has 6 nitrogen and oxygen atoms in total. The lowest BCUT2D eigenvalue weighted by Crippen LogP contribution is -2.19. The van der Waals surface area contributed by atoms with E-state index in [2.05, 4.69) is 33.6 Å². The van der Waals surface area contributed by atoms with E-state index in [1.807, 2.05) is 17.8 Å². The molecule has 120 valence electrons. The maximum absolute atomic E-state index is 5.98. The second-order valence-electron chi connectivity index (χ2n) is 5.80. The van der Waals surface area contributed by atoms with Gasteiger partial charge in [0.05, 0.1) is 25.0 Å². The monoisotopic (exact) mass is 330 g/mol. The molecule has 4 heterocycles. The third-order valence-electron chi connectivity index (χ3n) is 4.30. The summed E-state index contributed by atoms with van der Waals surface area (Å²) < 4.78 is 13.3. The van der Waals surface area contributed by atoms with Crippen LogP contribution in [0.4, 0.5) is 0 Å². The summed E-state index contributed by atoms with van der Waals surface area (Å²) in [7, 11) is 1.91. The summed E-state index contributed by atoms with van der Waals surface area (Å²) in [5.74, 6) is 1.35. The Bertz CT molecular complexity index is 806. The topological polar surface area (TPSA) is 66.0 Å². The summed E-state index contributed by atoms with van der Waals surface area (Å²) in [5.41, 5.74) is 2.32. The molecule has 2 atom stereocenters. The Kier molecular flexibility index (Phi) is 3.74. The van der Waals surface area contributed by atoms with Crippen molar-refractivity contribution in [2.75, 3.05) is 6.61 Å². The number of ether oxygens (including phenoxy) is 1. The number of thiophene rings is 1. The Morgan fingerprint density at radius 3 is 3.17 bits per heavy atom. The van der Waals surface area contributed by atoms with Crippen LogP contribution in [0.1, 0.15) is 46.8 Å². The first-order chi connectivity index (χ1) is 11.2. The highest BCUT2D eigenvalue weighted by Crippen LogP contribution is 2.39. The SMILES string of the molecule is CC(c1nc(Cc2ccnn2C)no1)C1OCCc2sccc21. The van der Waals surface area contributed by atoms with E-state index in [1.165, 1.54) is 10.4 Å². The lowest BCUT2D eigenvalue weighted by atomic mass is 9.95. The van der Waals surface area contributed by atoms with Gasteiger partial charge in [-0.25, -0.2) is 0 Å². The maximum atomic E-state index is 5.98. The second-order valence-corrected chi connectivity index (χ2v) is 6.80. The Labute approximate surface area is 138 Å². The molecule has 0 fully saturated rings. The van der Waals surface area contributed by atoms with Crippen molar-refractivity contribution in [1.82, 2.24) is 19.9 Å². The molecule has 3 aromatic heterocycles. The predicted octanol–water partition coefficient (Wildman–Crippen LogP) is 2.87. The van der Waals surface area contributed by atoms with Gasteiger partial charge in [0.25, 0.3) is 0 Å². The molecule has 1 aliphatic heterocycles. The quantitative estimate of drug-likeness (QED) is 0.736. The molecule has 0 N–H and O–H groups in total. The van der Waals surface area contributed by atoms with Crippen molar-refractivity contribution in [2.45, 2.75) is 31.8 Å². The number of aryl methyl sites for hydroxylation is 1. The van der Waals surface area contributed by atoms with Crippen molar-refractivity contribution >= 4 is 11.3 Å². The Morgan fingerprint density at radius 1 is 1.43 bits per heavy atom. The summed E-state index contributed by atoms with van der Waals surface area (Å²) in [6, 6.07) is 4.11. The van der Waals surface area contributed by atoms with Crippen LogP contribution in [0.25, 0.3) is 0 Å². The third kappa shape index (κ3) is 2.70. The average Bonchev–Trinajstić information content (AvgIpc) is 3.28. The number of hydrogen-bond donors (Lipinski definition) is 0. The van der Waals surface area contributed by atoms with Crippen LogP contribution in [0.2, 0.25) is 0 Å². The fraction of sp³-hybridized carbons (Fsp3) is 0.438. The van der Waals surface area contributed by atoms with Gasteiger partial charge < -0.3 is 9.26 Å². The lowest BCUT2D eigenvalue weighted by molar-refractivity contribution is 0.0211. The molecule has 7 heteroatoms. The molecule has 1 aliphatic rings. The fourth-order valence-corrected chi connectivity index (χ4v) is 3.88. The largest absolute Gasteiger partial charge is 0.372 e. The first-order valence-electron chi connectivity index (χ1n) is 7.69. The highest BCUT2D eigenvalue weighted by Gasteiger charge is 2.31. The van der Waals surface area contributed by atoms with Gasteiger partial charge in [-0.2, -0.15) is 10.1 Å². The van der Waals surface area contributed by atoms with Crippen LogP contribution in [0.3, 0.4) is 0 Å². The third-order valence-corrected chi connectivity index (χ3v) is 5.30. The Hall–Kier alpha value is -1.99. The standard InChI is InChI=1S/C16H18N4O2S/c1-10(15-12-5-8-23-13(12)4-7-21-15)16-18-14(19-22-16)9-11-3-6-17-20(11)2/h3,5-6,8,10,15H,4,7,9H2,1-2H3.